The number of benzene rings is 2. The number of carbonyl (C=O) groups is 1. The van der Waals surface area contributed by atoms with E-state index in [9.17, 15) is 4.79 Å². The van der Waals surface area contributed by atoms with Crippen molar-refractivity contribution in [2.75, 3.05) is 10.6 Å². The van der Waals surface area contributed by atoms with Crippen LogP contribution in [0.15, 0.2) is 79.7 Å². The molecule has 2 aromatic carbocycles. The quantitative estimate of drug-likeness (QED) is 0.497. The number of halogens is 1. The van der Waals surface area contributed by atoms with Crippen LogP contribution in [0.1, 0.15) is 32.4 Å². The number of nitrogens with zero attached hydrogens (tertiary/aromatic N) is 2. The Balaban J connectivity index is 1.71. The maximum Gasteiger partial charge on any atom is 0.302 e. The van der Waals surface area contributed by atoms with E-state index in [1.807, 2.05) is 87.5 Å². The molecule has 0 fully saturated rings. The molecule has 7 nitrogen and oxygen atoms in total. The van der Waals surface area contributed by atoms with Crippen molar-refractivity contribution in [3.05, 3.63) is 86.7 Å². The van der Waals surface area contributed by atoms with Gasteiger partial charge in [0.15, 0.2) is 5.42 Å². The van der Waals surface area contributed by atoms with Gasteiger partial charge >= 0.3 is 6.01 Å². The molecular formula is C25H24BrN5O2. The van der Waals surface area contributed by atoms with Gasteiger partial charge in [-0.05, 0) is 50.6 Å². The van der Waals surface area contributed by atoms with E-state index in [0.717, 1.165) is 15.4 Å². The molecule has 1 amide bonds. The summed E-state index contributed by atoms with van der Waals surface area (Å²) < 4.78 is 6.64. The summed E-state index contributed by atoms with van der Waals surface area (Å²) in [5.74, 6) is 0.215. The molecule has 33 heavy (non-hydrogen) atoms. The smallest absolute Gasteiger partial charge is 0.302 e. The number of hydrogen-bond acceptors (Lipinski definition) is 6. The van der Waals surface area contributed by atoms with Crippen LogP contribution in [0.3, 0.4) is 0 Å². The number of allylic oxidation sites excluding steroid dienone is 1. The first-order valence-corrected chi connectivity index (χ1v) is 11.3. The van der Waals surface area contributed by atoms with E-state index in [4.69, 9.17) is 9.41 Å². The van der Waals surface area contributed by atoms with Crippen molar-refractivity contribution < 1.29 is 9.21 Å². The summed E-state index contributed by atoms with van der Waals surface area (Å²) >= 11 is 3.61. The van der Waals surface area contributed by atoms with E-state index in [-0.39, 0.29) is 5.91 Å². The van der Waals surface area contributed by atoms with Gasteiger partial charge in [0, 0.05) is 15.9 Å². The Morgan fingerprint density at radius 3 is 2.48 bits per heavy atom. The summed E-state index contributed by atoms with van der Waals surface area (Å²) in [5, 5.41) is 10.0. The molecule has 3 aromatic rings. The van der Waals surface area contributed by atoms with Crippen LogP contribution in [0.2, 0.25) is 0 Å². The summed E-state index contributed by atoms with van der Waals surface area (Å²) in [4.78, 5) is 22.6. The first-order chi connectivity index (χ1) is 16.0. The second-order valence-electron chi connectivity index (χ2n) is 7.36. The molecule has 0 saturated heterocycles. The zero-order valence-corrected chi connectivity index (χ0v) is 20.1. The van der Waals surface area contributed by atoms with Gasteiger partial charge in [0.25, 0.3) is 5.91 Å². The van der Waals surface area contributed by atoms with Crippen molar-refractivity contribution >= 4 is 51.7 Å². The Morgan fingerprint density at radius 1 is 1.09 bits per heavy atom. The average molecular weight is 506 g/mol. The third kappa shape index (κ3) is 4.90. The third-order valence-electron chi connectivity index (χ3n) is 5.16. The Labute approximate surface area is 200 Å². The number of hydrogen-bond donors (Lipinski definition) is 3. The van der Waals surface area contributed by atoms with Gasteiger partial charge in [-0.3, -0.25) is 10.1 Å². The van der Waals surface area contributed by atoms with Crippen LogP contribution in [0, 0.1) is 0 Å². The van der Waals surface area contributed by atoms with Gasteiger partial charge < -0.3 is 15.1 Å². The van der Waals surface area contributed by atoms with E-state index in [1.165, 1.54) is 0 Å². The van der Waals surface area contributed by atoms with Crippen LogP contribution < -0.4 is 26.7 Å². The summed E-state index contributed by atoms with van der Waals surface area (Å²) in [5.41, 5.74) is 3.46. The monoisotopic (exact) mass is 505 g/mol. The van der Waals surface area contributed by atoms with Crippen LogP contribution in [-0.2, 0) is 4.79 Å². The van der Waals surface area contributed by atoms with Crippen LogP contribution in [-0.4, -0.2) is 16.9 Å². The lowest BCUT2D eigenvalue weighted by atomic mass is 9.95. The third-order valence-corrected chi connectivity index (χ3v) is 5.88. The number of aliphatic imine (C=N–C) groups is 1. The molecule has 4 rings (SSSR count). The van der Waals surface area contributed by atoms with Gasteiger partial charge in [-0.1, -0.05) is 58.4 Å². The van der Waals surface area contributed by atoms with Gasteiger partial charge in [-0.25, -0.2) is 4.99 Å². The summed E-state index contributed by atoms with van der Waals surface area (Å²) in [6.45, 7) is 5.64. The molecule has 1 unspecified atom stereocenters. The van der Waals surface area contributed by atoms with E-state index in [2.05, 4.69) is 36.9 Å². The molecule has 0 spiro atoms. The normalized spacial score (nSPS) is 17.0. The van der Waals surface area contributed by atoms with Gasteiger partial charge in [-0.15, -0.1) is 0 Å². The summed E-state index contributed by atoms with van der Waals surface area (Å²) in [6.07, 6.45) is 3.73. The molecule has 1 aliphatic rings. The van der Waals surface area contributed by atoms with Crippen molar-refractivity contribution in [2.24, 2.45) is 4.99 Å². The fourth-order valence-corrected chi connectivity index (χ4v) is 4.09. The molecule has 0 radical (unpaired) electrons. The molecule has 1 aromatic heterocycles. The first-order valence-electron chi connectivity index (χ1n) is 10.5. The van der Waals surface area contributed by atoms with Crippen molar-refractivity contribution in [3.63, 3.8) is 0 Å². The van der Waals surface area contributed by atoms with Gasteiger partial charge in [0.05, 0.1) is 5.57 Å². The highest BCUT2D eigenvalue weighted by Crippen LogP contribution is 2.35. The number of anilines is 2. The van der Waals surface area contributed by atoms with Gasteiger partial charge in [0.1, 0.15) is 11.4 Å². The number of oxazole rings is 1. The SMILES string of the molecule is C/C=c1/nc(NC2=NC(c3ccccc3Br)C(C(=O)Nc3ccccc3)=C(C)N2)o/c1=C/C. The predicted octanol–water partition coefficient (Wildman–Crippen LogP) is 4.06. The molecule has 0 aliphatic carbocycles. The zero-order valence-electron chi connectivity index (χ0n) is 18.5. The van der Waals surface area contributed by atoms with E-state index < -0.39 is 6.04 Å². The average Bonchev–Trinajstić information content (AvgIpc) is 3.21. The minimum absolute atomic E-state index is 0.225. The zero-order chi connectivity index (χ0) is 23.4. The minimum atomic E-state index is -0.544. The fourth-order valence-electron chi connectivity index (χ4n) is 3.59. The number of aromatic nitrogens is 1. The van der Waals surface area contributed by atoms with Gasteiger partial charge in [0.2, 0.25) is 5.96 Å². The highest BCUT2D eigenvalue weighted by molar-refractivity contribution is 9.10. The maximum atomic E-state index is 13.3. The second-order valence-corrected chi connectivity index (χ2v) is 8.21. The molecule has 2 heterocycles. The van der Waals surface area contributed by atoms with Crippen molar-refractivity contribution in [1.29, 1.82) is 0 Å². The maximum absolute atomic E-state index is 13.3. The number of amides is 1. The lowest BCUT2D eigenvalue weighted by Crippen LogP contribution is -2.37. The highest BCUT2D eigenvalue weighted by Gasteiger charge is 2.31. The Bertz CT molecular complexity index is 1330. The predicted molar refractivity (Wildman–Crippen MR) is 135 cm³/mol. The van der Waals surface area contributed by atoms with Crippen LogP contribution >= 0.6 is 15.9 Å². The Hall–Kier alpha value is -3.65. The molecule has 0 saturated carbocycles. The van der Waals surface area contributed by atoms with E-state index >= 15 is 0 Å². The minimum Gasteiger partial charge on any atom is -0.424 e. The van der Waals surface area contributed by atoms with Crippen molar-refractivity contribution in [1.82, 2.24) is 10.3 Å². The molecule has 1 aliphatic heterocycles. The lowest BCUT2D eigenvalue weighted by molar-refractivity contribution is -0.113. The Kier molecular flexibility index (Phi) is 6.74. The van der Waals surface area contributed by atoms with E-state index in [1.54, 1.807) is 0 Å². The van der Waals surface area contributed by atoms with Gasteiger partial charge in [-0.2, -0.15) is 4.98 Å². The number of nitrogens with one attached hydrogen (secondary N) is 3. The topological polar surface area (TPSA) is 91.5 Å². The molecule has 8 heteroatoms. The summed E-state index contributed by atoms with van der Waals surface area (Å²) in [6, 6.07) is 16.9. The largest absolute Gasteiger partial charge is 0.424 e. The Morgan fingerprint density at radius 2 is 1.82 bits per heavy atom. The lowest BCUT2D eigenvalue weighted by Gasteiger charge is -2.27. The molecule has 0 bridgehead atoms. The number of para-hydroxylation sites is 1. The first kappa shape index (κ1) is 22.5. The second kappa shape index (κ2) is 9.87. The molecule has 3 N–H and O–H groups in total. The number of guanidine groups is 1. The van der Waals surface area contributed by atoms with Crippen LogP contribution in [0.25, 0.3) is 12.2 Å². The molecule has 1 atom stereocenters. The molecular weight excluding hydrogens is 482 g/mol. The van der Waals surface area contributed by atoms with Crippen molar-refractivity contribution in [3.8, 4) is 0 Å². The summed E-state index contributed by atoms with van der Waals surface area (Å²) in [7, 11) is 0. The standard InChI is InChI=1S/C25H24BrN5O2/c1-4-19-20(5-2)33-25(29-19)31-24-27-15(3)21(23(32)28-16-11-7-6-8-12-16)22(30-24)17-13-9-10-14-18(17)26/h4-14,22H,1-3H3,(H,28,32)(H2,27,29,30,31)/b19-4+,20-5+. The van der Waals surface area contributed by atoms with Crippen molar-refractivity contribution in [2.45, 2.75) is 26.8 Å². The van der Waals surface area contributed by atoms with Crippen LogP contribution in [0.4, 0.5) is 11.7 Å². The fraction of sp³-hybridized carbons (Fsp3) is 0.160. The highest BCUT2D eigenvalue weighted by atomic mass is 79.9. The molecule has 168 valence electrons. The number of carbonyl (C=O) groups excluding carboxylic acids is 1. The number of rotatable bonds is 4. The van der Waals surface area contributed by atoms with Crippen LogP contribution in [0.5, 0.6) is 0 Å². The van der Waals surface area contributed by atoms with E-state index in [0.29, 0.717) is 34.3 Å².